The molecule has 0 saturated heterocycles. The van der Waals surface area contributed by atoms with E-state index in [4.69, 9.17) is 9.47 Å². The van der Waals surface area contributed by atoms with E-state index in [0.29, 0.717) is 13.2 Å². The molecular weight excluding hydrogens is 441 g/mol. The largest absolute Gasteiger partial charge is 0.489 e. The van der Waals surface area contributed by atoms with E-state index in [0.717, 1.165) is 21.3 Å². The van der Waals surface area contributed by atoms with Crippen molar-refractivity contribution in [3.05, 3.63) is 63.2 Å². The Balaban J connectivity index is 1.88. The minimum Gasteiger partial charge on any atom is -0.489 e. The first kappa shape index (κ1) is 20.6. The molecule has 0 radical (unpaired) electrons. The smallest absolute Gasteiger partial charge is 0.410 e. The van der Waals surface area contributed by atoms with Crippen molar-refractivity contribution in [1.29, 1.82) is 0 Å². The van der Waals surface area contributed by atoms with E-state index in [1.165, 1.54) is 5.56 Å². The van der Waals surface area contributed by atoms with Crippen LogP contribution in [0.25, 0.3) is 0 Å². The topological polar surface area (TPSA) is 38.8 Å². The van der Waals surface area contributed by atoms with Crippen LogP contribution in [0.4, 0.5) is 4.79 Å². The van der Waals surface area contributed by atoms with Crippen LogP contribution in [0.5, 0.6) is 5.75 Å². The summed E-state index contributed by atoms with van der Waals surface area (Å²) in [5, 5.41) is 0. The van der Waals surface area contributed by atoms with E-state index in [-0.39, 0.29) is 6.09 Å². The number of rotatable bonds is 6. The molecule has 0 unspecified atom stereocenters. The van der Waals surface area contributed by atoms with Crippen LogP contribution in [0.15, 0.2) is 48.5 Å². The summed E-state index contributed by atoms with van der Waals surface area (Å²) in [7, 11) is 1.76. The number of halogens is 1. The van der Waals surface area contributed by atoms with Gasteiger partial charge in [-0.05, 0) is 73.0 Å². The van der Waals surface area contributed by atoms with Crippen LogP contribution in [-0.4, -0.2) is 30.2 Å². The lowest BCUT2D eigenvalue weighted by Crippen LogP contribution is -2.35. The third kappa shape index (κ3) is 6.86. The monoisotopic (exact) mass is 467 g/mol. The predicted octanol–water partition coefficient (Wildman–Crippen LogP) is 5.28. The molecule has 0 bridgehead atoms. The Morgan fingerprint density at radius 1 is 1.12 bits per heavy atom. The first-order valence-electron chi connectivity index (χ1n) is 8.64. The summed E-state index contributed by atoms with van der Waals surface area (Å²) < 4.78 is 12.4. The molecule has 0 aliphatic heterocycles. The van der Waals surface area contributed by atoms with Gasteiger partial charge >= 0.3 is 6.09 Å². The van der Waals surface area contributed by atoms with Gasteiger partial charge in [0.25, 0.3) is 0 Å². The van der Waals surface area contributed by atoms with Gasteiger partial charge in [-0.1, -0.05) is 36.4 Å². The number of hydrogen-bond donors (Lipinski definition) is 0. The lowest BCUT2D eigenvalue weighted by atomic mass is 10.1. The van der Waals surface area contributed by atoms with Crippen molar-refractivity contribution < 1.29 is 14.3 Å². The Morgan fingerprint density at radius 3 is 2.42 bits per heavy atom. The molecule has 0 spiro atoms. The first-order chi connectivity index (χ1) is 12.2. The summed E-state index contributed by atoms with van der Waals surface area (Å²) in [4.78, 5) is 13.6. The Bertz CT molecular complexity index is 726. The maximum atomic E-state index is 12.0. The van der Waals surface area contributed by atoms with Gasteiger partial charge in [-0.2, -0.15) is 0 Å². The molecule has 2 aromatic rings. The molecule has 2 aromatic carbocycles. The van der Waals surface area contributed by atoms with Crippen molar-refractivity contribution in [3.8, 4) is 5.75 Å². The van der Waals surface area contributed by atoms with Crippen molar-refractivity contribution in [2.45, 2.75) is 39.4 Å². The standard InChI is InChI=1S/C21H26INO3/c1-21(2,3)26-20(24)23(4)13-12-17-10-11-18(14-19(17)22)25-15-16-8-6-5-7-9-16/h5-11,14H,12-13,15H2,1-4H3. The van der Waals surface area contributed by atoms with Gasteiger partial charge in [0.2, 0.25) is 0 Å². The highest BCUT2D eigenvalue weighted by Gasteiger charge is 2.19. The zero-order valence-corrected chi connectivity index (χ0v) is 17.9. The van der Waals surface area contributed by atoms with Crippen LogP contribution in [-0.2, 0) is 17.8 Å². The fourth-order valence-electron chi connectivity index (χ4n) is 2.28. The van der Waals surface area contributed by atoms with E-state index < -0.39 is 5.60 Å². The molecule has 0 atom stereocenters. The minimum absolute atomic E-state index is 0.296. The van der Waals surface area contributed by atoms with Gasteiger partial charge in [-0.3, -0.25) is 0 Å². The van der Waals surface area contributed by atoms with E-state index in [1.54, 1.807) is 11.9 Å². The maximum Gasteiger partial charge on any atom is 0.410 e. The number of carbonyl (C=O) groups excluding carboxylic acids is 1. The van der Waals surface area contributed by atoms with Crippen LogP contribution < -0.4 is 4.74 Å². The van der Waals surface area contributed by atoms with Gasteiger partial charge in [0.05, 0.1) is 0 Å². The summed E-state index contributed by atoms with van der Waals surface area (Å²) in [6.45, 7) is 6.77. The number of amides is 1. The molecule has 26 heavy (non-hydrogen) atoms. The molecule has 4 nitrogen and oxygen atoms in total. The van der Waals surface area contributed by atoms with Crippen molar-refractivity contribution in [2.24, 2.45) is 0 Å². The Morgan fingerprint density at radius 2 is 1.81 bits per heavy atom. The average Bonchev–Trinajstić information content (AvgIpc) is 2.58. The SMILES string of the molecule is CN(CCc1ccc(OCc2ccccc2)cc1I)C(=O)OC(C)(C)C. The number of ether oxygens (including phenoxy) is 2. The van der Waals surface area contributed by atoms with E-state index >= 15 is 0 Å². The Hall–Kier alpha value is -1.76. The molecular formula is C21H26INO3. The average molecular weight is 467 g/mol. The van der Waals surface area contributed by atoms with Crippen LogP contribution in [0, 0.1) is 3.57 Å². The van der Waals surface area contributed by atoms with E-state index in [1.807, 2.05) is 63.2 Å². The summed E-state index contributed by atoms with van der Waals surface area (Å²) >= 11 is 2.31. The molecule has 140 valence electrons. The minimum atomic E-state index is -0.475. The first-order valence-corrected chi connectivity index (χ1v) is 9.72. The molecule has 0 aromatic heterocycles. The second-order valence-electron chi connectivity index (χ2n) is 7.18. The van der Waals surface area contributed by atoms with Gasteiger partial charge in [-0.25, -0.2) is 4.79 Å². The molecule has 0 heterocycles. The van der Waals surface area contributed by atoms with Crippen molar-refractivity contribution >= 4 is 28.7 Å². The highest BCUT2D eigenvalue weighted by Crippen LogP contribution is 2.21. The number of nitrogens with zero attached hydrogens (tertiary/aromatic N) is 1. The Labute approximate surface area is 169 Å². The highest BCUT2D eigenvalue weighted by molar-refractivity contribution is 14.1. The second-order valence-corrected chi connectivity index (χ2v) is 8.34. The predicted molar refractivity (Wildman–Crippen MR) is 113 cm³/mol. The fraction of sp³-hybridized carbons (Fsp3) is 0.381. The van der Waals surface area contributed by atoms with Crippen LogP contribution in [0.3, 0.4) is 0 Å². The third-order valence-electron chi connectivity index (χ3n) is 3.69. The lowest BCUT2D eigenvalue weighted by molar-refractivity contribution is 0.0300. The van der Waals surface area contributed by atoms with Gasteiger partial charge in [0.15, 0.2) is 0 Å². The molecule has 2 rings (SSSR count). The van der Waals surface area contributed by atoms with Crippen LogP contribution >= 0.6 is 22.6 Å². The zero-order valence-electron chi connectivity index (χ0n) is 15.8. The summed E-state index contributed by atoms with van der Waals surface area (Å²) in [5.41, 5.74) is 1.86. The molecule has 0 fully saturated rings. The number of hydrogen-bond acceptors (Lipinski definition) is 3. The summed E-state index contributed by atoms with van der Waals surface area (Å²) in [6, 6.07) is 16.2. The molecule has 5 heteroatoms. The van der Waals surface area contributed by atoms with Crippen molar-refractivity contribution in [3.63, 3.8) is 0 Å². The molecule has 0 aliphatic rings. The maximum absolute atomic E-state index is 12.0. The quantitative estimate of drug-likeness (QED) is 0.543. The van der Waals surface area contributed by atoms with E-state index in [9.17, 15) is 4.79 Å². The second kappa shape index (κ2) is 9.26. The molecule has 0 aliphatic carbocycles. The van der Waals surface area contributed by atoms with Gasteiger partial charge in [0, 0.05) is 17.2 Å². The fourth-order valence-corrected chi connectivity index (χ4v) is 3.04. The van der Waals surface area contributed by atoms with Gasteiger partial charge < -0.3 is 14.4 Å². The number of likely N-dealkylation sites (N-methyl/N-ethyl adjacent to an activating group) is 1. The van der Waals surface area contributed by atoms with Crippen LogP contribution in [0.1, 0.15) is 31.9 Å². The molecule has 0 N–H and O–H groups in total. The molecule has 1 amide bonds. The number of carbonyl (C=O) groups is 1. The van der Waals surface area contributed by atoms with E-state index in [2.05, 4.69) is 28.7 Å². The van der Waals surface area contributed by atoms with Gasteiger partial charge in [0.1, 0.15) is 18.0 Å². The third-order valence-corrected chi connectivity index (χ3v) is 4.70. The number of benzene rings is 2. The zero-order chi connectivity index (χ0) is 19.2. The molecule has 0 saturated carbocycles. The summed E-state index contributed by atoms with van der Waals surface area (Å²) in [5.74, 6) is 0.850. The lowest BCUT2D eigenvalue weighted by Gasteiger charge is -2.24. The Kier molecular flexibility index (Phi) is 7.32. The van der Waals surface area contributed by atoms with Crippen molar-refractivity contribution in [1.82, 2.24) is 4.90 Å². The van der Waals surface area contributed by atoms with Gasteiger partial charge in [-0.15, -0.1) is 0 Å². The summed E-state index contributed by atoms with van der Waals surface area (Å²) in [6.07, 6.45) is 0.475. The highest BCUT2D eigenvalue weighted by atomic mass is 127. The van der Waals surface area contributed by atoms with Crippen LogP contribution in [0.2, 0.25) is 0 Å². The normalized spacial score (nSPS) is 11.1. The van der Waals surface area contributed by atoms with Crippen molar-refractivity contribution in [2.75, 3.05) is 13.6 Å².